The van der Waals surface area contributed by atoms with Crippen molar-refractivity contribution in [3.8, 4) is 0 Å². The zero-order valence-corrected chi connectivity index (χ0v) is 29.2. The van der Waals surface area contributed by atoms with Crippen molar-refractivity contribution in [3.05, 3.63) is 84.2 Å². The quantitative estimate of drug-likeness (QED) is 0.0547. The van der Waals surface area contributed by atoms with Gasteiger partial charge < -0.3 is 37.9 Å². The molecule has 2 heterocycles. The van der Waals surface area contributed by atoms with E-state index in [1.54, 1.807) is 24.3 Å². The number of ether oxygens (including phenoxy) is 1. The first-order valence-corrected chi connectivity index (χ1v) is 16.9. The number of anilines is 2. The predicted octanol–water partition coefficient (Wildman–Crippen LogP) is 1.68. The highest BCUT2D eigenvalue weighted by atomic mass is 16.5. The fraction of sp³-hybridized carbons (Fsp3) is 0.333. The molecule has 2 atom stereocenters. The Morgan fingerprint density at radius 2 is 1.71 bits per heavy atom. The van der Waals surface area contributed by atoms with Gasteiger partial charge in [0.05, 0.1) is 18.8 Å². The lowest BCUT2D eigenvalue weighted by molar-refractivity contribution is -0.688. The second-order valence-electron chi connectivity index (χ2n) is 12.0. The maximum Gasteiger partial charge on any atom is 0.416 e. The van der Waals surface area contributed by atoms with Crippen molar-refractivity contribution in [2.75, 3.05) is 30.8 Å². The molecule has 0 bridgehead atoms. The molecule has 16 heteroatoms. The van der Waals surface area contributed by atoms with Gasteiger partial charge >= 0.3 is 6.09 Å². The Morgan fingerprint density at radius 3 is 2.38 bits per heavy atom. The molecule has 0 spiro atoms. The SMILES string of the molecule is CCCC[C@H](N)C(=O)N(CC(=O)N[C@@H](CCCN=C(N)N)C(=O)Nc1ccc(N=C2C(=O)Nc3ccc[n+](Cc4ccccc4)c32)cc1)C(=O)OC. The predicted molar refractivity (Wildman–Crippen MR) is 196 cm³/mol. The van der Waals surface area contributed by atoms with Crippen molar-refractivity contribution in [2.45, 2.75) is 57.7 Å². The number of aliphatic imine (C=N–C) groups is 2. The summed E-state index contributed by atoms with van der Waals surface area (Å²) in [6.07, 6.45) is 3.05. The van der Waals surface area contributed by atoms with Gasteiger partial charge in [0.15, 0.2) is 18.7 Å². The van der Waals surface area contributed by atoms with Crippen LogP contribution in [0.5, 0.6) is 0 Å². The van der Waals surface area contributed by atoms with Crippen molar-refractivity contribution in [2.24, 2.45) is 27.2 Å². The molecule has 0 aliphatic carbocycles. The molecule has 0 radical (unpaired) electrons. The molecule has 0 saturated heterocycles. The Labute approximate surface area is 301 Å². The maximum absolute atomic E-state index is 13.5. The molecule has 3 aromatic rings. The number of hydrogen-bond donors (Lipinski definition) is 6. The highest BCUT2D eigenvalue weighted by molar-refractivity contribution is 6.53. The summed E-state index contributed by atoms with van der Waals surface area (Å²) in [4.78, 5) is 74.0. The van der Waals surface area contributed by atoms with Gasteiger partial charge in [-0.15, -0.1) is 0 Å². The van der Waals surface area contributed by atoms with Gasteiger partial charge in [0, 0.05) is 23.9 Å². The molecule has 0 fully saturated rings. The highest BCUT2D eigenvalue weighted by Gasteiger charge is 2.35. The summed E-state index contributed by atoms with van der Waals surface area (Å²) in [5.74, 6) is -2.58. The second kappa shape index (κ2) is 18.7. The standard InChI is InChI=1S/C36H44N10O6/c1-3-4-12-26(37)34(50)46(36(51)52-2)22-29(47)43-28(13-8-19-40-35(38)39)32(48)42-25-17-15-24(16-18-25)41-30-31-27(44-33(30)49)14-9-20-45(31)21-23-10-6-5-7-11-23/h5-7,9-11,14-18,20,26,28H,3-4,8,12-13,19,21-22,37H2,1-2H3,(H6,38,39,40,43,44,47,49)/p+1/t26-,28-/m0/s1. The van der Waals surface area contributed by atoms with Crippen LogP contribution in [-0.4, -0.2) is 78.6 Å². The highest BCUT2D eigenvalue weighted by Crippen LogP contribution is 2.24. The number of pyridine rings is 1. The zero-order valence-electron chi connectivity index (χ0n) is 29.2. The first-order chi connectivity index (χ1) is 25.0. The summed E-state index contributed by atoms with van der Waals surface area (Å²) in [5.41, 5.74) is 20.3. The third-order valence-electron chi connectivity index (χ3n) is 8.08. The number of aromatic nitrogens is 1. The fourth-order valence-electron chi connectivity index (χ4n) is 5.44. The van der Waals surface area contributed by atoms with Crippen molar-refractivity contribution in [1.82, 2.24) is 10.2 Å². The van der Waals surface area contributed by atoms with Gasteiger partial charge in [-0.25, -0.2) is 14.7 Å². The average Bonchev–Trinajstić information content (AvgIpc) is 3.46. The number of benzene rings is 2. The number of unbranched alkanes of at least 4 members (excludes halogenated alkanes) is 1. The van der Waals surface area contributed by atoms with Gasteiger partial charge in [0.1, 0.15) is 18.3 Å². The molecule has 274 valence electrons. The molecule has 16 nitrogen and oxygen atoms in total. The number of fused-ring (bicyclic) bond motifs is 1. The largest absolute Gasteiger partial charge is 0.452 e. The summed E-state index contributed by atoms with van der Waals surface area (Å²) in [6, 6.07) is 17.9. The van der Waals surface area contributed by atoms with E-state index < -0.39 is 42.4 Å². The minimum atomic E-state index is -1.09. The van der Waals surface area contributed by atoms with Crippen LogP contribution in [0.1, 0.15) is 50.3 Å². The van der Waals surface area contributed by atoms with Crippen LogP contribution in [0.25, 0.3) is 0 Å². The van der Waals surface area contributed by atoms with E-state index in [1.165, 1.54) is 0 Å². The number of imide groups is 1. The fourth-order valence-corrected chi connectivity index (χ4v) is 5.44. The van der Waals surface area contributed by atoms with E-state index in [2.05, 4.69) is 25.9 Å². The van der Waals surface area contributed by atoms with Crippen LogP contribution in [0.3, 0.4) is 0 Å². The molecule has 0 unspecified atom stereocenters. The normalized spacial score (nSPS) is 13.7. The molecular formula is C36H45N10O6+. The molecule has 52 heavy (non-hydrogen) atoms. The molecule has 2 aromatic carbocycles. The van der Waals surface area contributed by atoms with Gasteiger partial charge in [-0.2, -0.15) is 4.57 Å². The number of hydrogen-bond acceptors (Lipinski definition) is 9. The van der Waals surface area contributed by atoms with Crippen LogP contribution in [0.4, 0.5) is 21.9 Å². The van der Waals surface area contributed by atoms with E-state index in [1.807, 2.05) is 60.2 Å². The lowest BCUT2D eigenvalue weighted by Crippen LogP contribution is -2.53. The number of amides is 5. The minimum absolute atomic E-state index is 0.120. The van der Waals surface area contributed by atoms with Crippen LogP contribution >= 0.6 is 0 Å². The summed E-state index contributed by atoms with van der Waals surface area (Å²) in [5, 5.41) is 8.23. The Kier molecular flexibility index (Phi) is 13.9. The third-order valence-corrected chi connectivity index (χ3v) is 8.08. The average molecular weight is 714 g/mol. The molecular weight excluding hydrogens is 668 g/mol. The van der Waals surface area contributed by atoms with E-state index in [9.17, 15) is 24.0 Å². The Hall–Kier alpha value is -6.16. The van der Waals surface area contributed by atoms with Gasteiger partial charge in [-0.05, 0) is 49.6 Å². The summed E-state index contributed by atoms with van der Waals surface area (Å²) >= 11 is 0. The van der Waals surface area contributed by atoms with Gasteiger partial charge in [-0.1, -0.05) is 50.1 Å². The maximum atomic E-state index is 13.5. The van der Waals surface area contributed by atoms with Crippen molar-refractivity contribution in [1.29, 1.82) is 0 Å². The summed E-state index contributed by atoms with van der Waals surface area (Å²) in [7, 11) is 1.08. The number of nitrogens with one attached hydrogen (secondary N) is 3. The lowest BCUT2D eigenvalue weighted by atomic mass is 10.1. The van der Waals surface area contributed by atoms with Gasteiger partial charge in [0.2, 0.25) is 23.4 Å². The molecule has 5 amide bonds. The van der Waals surface area contributed by atoms with E-state index >= 15 is 0 Å². The van der Waals surface area contributed by atoms with Gasteiger partial charge in [0.25, 0.3) is 11.6 Å². The molecule has 1 aliphatic heterocycles. The van der Waals surface area contributed by atoms with Gasteiger partial charge in [-0.3, -0.25) is 24.2 Å². The Bertz CT molecular complexity index is 1810. The van der Waals surface area contributed by atoms with Crippen molar-refractivity contribution >= 4 is 58.5 Å². The molecule has 1 aliphatic rings. The monoisotopic (exact) mass is 713 g/mol. The van der Waals surface area contributed by atoms with E-state index in [0.29, 0.717) is 53.5 Å². The summed E-state index contributed by atoms with van der Waals surface area (Å²) in [6.45, 7) is 1.95. The number of methoxy groups -OCH3 is 1. The van der Waals surface area contributed by atoms with Crippen LogP contribution in [-0.2, 0) is 30.5 Å². The zero-order chi connectivity index (χ0) is 37.6. The number of carbonyl (C=O) groups is 5. The number of carbonyl (C=O) groups excluding carboxylic acids is 5. The number of rotatable bonds is 16. The van der Waals surface area contributed by atoms with Crippen LogP contribution in [0, 0.1) is 0 Å². The van der Waals surface area contributed by atoms with E-state index in [4.69, 9.17) is 21.9 Å². The Morgan fingerprint density at radius 1 is 0.981 bits per heavy atom. The number of guanidine groups is 1. The Balaban J connectivity index is 1.48. The smallest absolute Gasteiger partial charge is 0.416 e. The van der Waals surface area contributed by atoms with E-state index in [0.717, 1.165) is 19.1 Å². The molecule has 1 aromatic heterocycles. The molecule has 0 saturated carbocycles. The second-order valence-corrected chi connectivity index (χ2v) is 12.0. The summed E-state index contributed by atoms with van der Waals surface area (Å²) < 4.78 is 6.66. The minimum Gasteiger partial charge on any atom is -0.452 e. The third kappa shape index (κ3) is 10.7. The number of nitrogens with two attached hydrogens (primary N) is 3. The van der Waals surface area contributed by atoms with E-state index in [-0.39, 0.29) is 30.5 Å². The number of nitrogens with zero attached hydrogens (tertiary/aromatic N) is 4. The van der Waals surface area contributed by atoms with Crippen molar-refractivity contribution < 1.29 is 33.3 Å². The first-order valence-electron chi connectivity index (χ1n) is 16.9. The topological polar surface area (TPSA) is 241 Å². The van der Waals surface area contributed by atoms with Crippen LogP contribution in [0.2, 0.25) is 0 Å². The molecule has 4 rings (SSSR count). The lowest BCUT2D eigenvalue weighted by Gasteiger charge is -2.24. The molecule has 9 N–H and O–H groups in total. The van der Waals surface area contributed by atoms with Crippen LogP contribution < -0.4 is 37.7 Å². The first kappa shape index (κ1) is 38.6. The van der Waals surface area contributed by atoms with Crippen molar-refractivity contribution in [3.63, 3.8) is 0 Å². The van der Waals surface area contributed by atoms with Crippen LogP contribution in [0.15, 0.2) is 82.9 Å².